The summed E-state index contributed by atoms with van der Waals surface area (Å²) in [7, 11) is 0. The van der Waals surface area contributed by atoms with Crippen molar-refractivity contribution >= 4 is 21.8 Å². The molecule has 8 aromatic carbocycles. The highest BCUT2D eigenvalue weighted by Gasteiger charge is 2.21. The lowest BCUT2D eigenvalue weighted by atomic mass is 10.0. The quantitative estimate of drug-likeness (QED) is 0.165. The molecule has 0 spiro atoms. The van der Waals surface area contributed by atoms with Gasteiger partial charge in [-0.15, -0.1) is 0 Å². The van der Waals surface area contributed by atoms with Crippen molar-refractivity contribution in [2.24, 2.45) is 0 Å². The highest BCUT2D eigenvalue weighted by Crippen LogP contribution is 2.39. The first-order valence-corrected chi connectivity index (χ1v) is 18.9. The lowest BCUT2D eigenvalue weighted by Gasteiger charge is -2.17. The number of nitrogens with zero attached hydrogens (tertiary/aromatic N) is 4. The van der Waals surface area contributed by atoms with E-state index < -0.39 is 0 Å². The van der Waals surface area contributed by atoms with Crippen molar-refractivity contribution in [2.75, 3.05) is 0 Å². The van der Waals surface area contributed by atoms with Gasteiger partial charge in [0, 0.05) is 27.5 Å². The Bertz CT molecular complexity index is 2890. The number of rotatable bonds is 7. The van der Waals surface area contributed by atoms with E-state index in [1.54, 1.807) is 0 Å². The lowest BCUT2D eigenvalue weighted by molar-refractivity contribution is 1.06. The van der Waals surface area contributed by atoms with E-state index in [0.29, 0.717) is 17.5 Å². The predicted octanol–water partition coefficient (Wildman–Crippen LogP) is 13.3. The molecule has 0 bridgehead atoms. The van der Waals surface area contributed by atoms with Gasteiger partial charge in [0.1, 0.15) is 0 Å². The van der Waals surface area contributed by atoms with Gasteiger partial charge in [0.2, 0.25) is 0 Å². The Morgan fingerprint density at radius 3 is 1.34 bits per heavy atom. The fourth-order valence-electron chi connectivity index (χ4n) is 7.80. The molecule has 0 saturated heterocycles. The average molecular weight is 717 g/mol. The molecular formula is C52H36N4. The third-order valence-corrected chi connectivity index (χ3v) is 10.6. The van der Waals surface area contributed by atoms with Crippen LogP contribution in [0.25, 0.3) is 95.0 Å². The number of aryl methyl sites for hydroxylation is 1. The number of fused-ring (bicyclic) bond motifs is 3. The normalized spacial score (nSPS) is 11.3. The topological polar surface area (TPSA) is 43.6 Å². The Labute approximate surface area is 326 Å². The summed E-state index contributed by atoms with van der Waals surface area (Å²) in [5, 5.41) is 2.42. The monoisotopic (exact) mass is 716 g/mol. The lowest BCUT2D eigenvalue weighted by Crippen LogP contribution is -2.04. The minimum atomic E-state index is 0.610. The molecule has 56 heavy (non-hydrogen) atoms. The standard InChI is InChI=1S/C52H36N4/c1-35-14-13-22-45-44-21-11-12-23-47(44)56(49(35)45)48-34-43(38-19-9-4-10-20-38)32-33-46(48)52-54-50(41-28-24-39(25-29-41)36-15-5-2-6-16-36)53-51(55-52)42-30-26-40(27-31-42)37-17-7-3-8-18-37/h2-34H,1H3. The smallest absolute Gasteiger partial charge is 0.166 e. The molecule has 0 fully saturated rings. The van der Waals surface area contributed by atoms with Crippen molar-refractivity contribution in [2.45, 2.75) is 6.92 Å². The first-order chi connectivity index (χ1) is 27.7. The maximum absolute atomic E-state index is 5.29. The minimum Gasteiger partial charge on any atom is -0.308 e. The van der Waals surface area contributed by atoms with Crippen LogP contribution < -0.4 is 0 Å². The molecule has 0 atom stereocenters. The van der Waals surface area contributed by atoms with Crippen LogP contribution in [0, 0.1) is 6.92 Å². The molecule has 0 aliphatic rings. The van der Waals surface area contributed by atoms with Gasteiger partial charge in [-0.3, -0.25) is 0 Å². The largest absolute Gasteiger partial charge is 0.308 e. The molecule has 0 aliphatic carbocycles. The van der Waals surface area contributed by atoms with Gasteiger partial charge in [-0.1, -0.05) is 182 Å². The molecule has 4 heteroatoms. The molecule has 0 saturated carbocycles. The maximum Gasteiger partial charge on any atom is 0.166 e. The van der Waals surface area contributed by atoms with Crippen molar-refractivity contribution < 1.29 is 0 Å². The molecule has 264 valence electrons. The number of para-hydroxylation sites is 2. The first kappa shape index (κ1) is 33.2. The zero-order valence-electron chi connectivity index (χ0n) is 30.8. The number of aromatic nitrogens is 4. The van der Waals surface area contributed by atoms with Gasteiger partial charge in [0.05, 0.1) is 16.7 Å². The highest BCUT2D eigenvalue weighted by atomic mass is 15.1. The van der Waals surface area contributed by atoms with Gasteiger partial charge in [-0.05, 0) is 64.1 Å². The zero-order valence-corrected chi connectivity index (χ0v) is 30.8. The van der Waals surface area contributed by atoms with E-state index >= 15 is 0 Å². The van der Waals surface area contributed by atoms with Crippen LogP contribution >= 0.6 is 0 Å². The first-order valence-electron chi connectivity index (χ1n) is 18.9. The van der Waals surface area contributed by atoms with Gasteiger partial charge < -0.3 is 4.57 Å². The fraction of sp³-hybridized carbons (Fsp3) is 0.0192. The molecule has 2 aromatic heterocycles. The second-order valence-corrected chi connectivity index (χ2v) is 14.1. The molecule has 10 aromatic rings. The summed E-state index contributed by atoms with van der Waals surface area (Å²) < 4.78 is 2.40. The van der Waals surface area contributed by atoms with Crippen LogP contribution in [0.3, 0.4) is 0 Å². The Morgan fingerprint density at radius 2 is 0.768 bits per heavy atom. The summed E-state index contributed by atoms with van der Waals surface area (Å²) in [6, 6.07) is 70.3. The third-order valence-electron chi connectivity index (χ3n) is 10.6. The summed E-state index contributed by atoms with van der Waals surface area (Å²) in [5.74, 6) is 1.85. The van der Waals surface area contributed by atoms with E-state index in [-0.39, 0.29) is 0 Å². The molecular weight excluding hydrogens is 681 g/mol. The van der Waals surface area contributed by atoms with E-state index in [2.05, 4.69) is 200 Å². The van der Waals surface area contributed by atoms with Gasteiger partial charge in [-0.2, -0.15) is 0 Å². The SMILES string of the molecule is Cc1cccc2c3ccccc3n(-c3cc(-c4ccccc4)ccc3-c3nc(-c4ccc(-c5ccccc5)cc4)nc(-c4ccc(-c5ccccc5)cc4)n3)c12. The Morgan fingerprint density at radius 1 is 0.339 bits per heavy atom. The van der Waals surface area contributed by atoms with E-state index in [9.17, 15) is 0 Å². The van der Waals surface area contributed by atoms with E-state index in [0.717, 1.165) is 50.1 Å². The number of hydrogen-bond donors (Lipinski definition) is 0. The van der Waals surface area contributed by atoms with Gasteiger partial charge >= 0.3 is 0 Å². The van der Waals surface area contributed by atoms with Crippen LogP contribution in [0.2, 0.25) is 0 Å². The second-order valence-electron chi connectivity index (χ2n) is 14.1. The van der Waals surface area contributed by atoms with Crippen LogP contribution in [0.15, 0.2) is 200 Å². The van der Waals surface area contributed by atoms with E-state index in [4.69, 9.17) is 15.0 Å². The van der Waals surface area contributed by atoms with Crippen LogP contribution in [0.1, 0.15) is 5.56 Å². The fourth-order valence-corrected chi connectivity index (χ4v) is 7.80. The Balaban J connectivity index is 1.21. The van der Waals surface area contributed by atoms with Crippen molar-refractivity contribution in [1.82, 2.24) is 19.5 Å². The second kappa shape index (κ2) is 14.1. The Kier molecular flexibility index (Phi) is 8.34. The number of hydrogen-bond acceptors (Lipinski definition) is 3. The summed E-state index contributed by atoms with van der Waals surface area (Å²) in [6.07, 6.45) is 0. The molecule has 2 heterocycles. The Hall–Kier alpha value is -7.43. The van der Waals surface area contributed by atoms with Crippen molar-refractivity contribution in [3.05, 3.63) is 206 Å². The summed E-state index contributed by atoms with van der Waals surface area (Å²) in [4.78, 5) is 15.7. The molecule has 4 nitrogen and oxygen atoms in total. The molecule has 0 radical (unpaired) electrons. The van der Waals surface area contributed by atoms with E-state index in [1.807, 2.05) is 12.1 Å². The minimum absolute atomic E-state index is 0.610. The highest BCUT2D eigenvalue weighted by molar-refractivity contribution is 6.10. The van der Waals surface area contributed by atoms with Crippen LogP contribution in [-0.2, 0) is 0 Å². The van der Waals surface area contributed by atoms with Crippen molar-refractivity contribution in [3.63, 3.8) is 0 Å². The molecule has 0 N–H and O–H groups in total. The van der Waals surface area contributed by atoms with Crippen molar-refractivity contribution in [1.29, 1.82) is 0 Å². The average Bonchev–Trinajstić information content (AvgIpc) is 3.62. The maximum atomic E-state index is 5.29. The summed E-state index contributed by atoms with van der Waals surface area (Å²) >= 11 is 0. The zero-order chi connectivity index (χ0) is 37.4. The molecule has 0 amide bonds. The van der Waals surface area contributed by atoms with Crippen LogP contribution in [0.5, 0.6) is 0 Å². The molecule has 0 unspecified atom stereocenters. The van der Waals surface area contributed by atoms with Crippen LogP contribution in [0.4, 0.5) is 0 Å². The van der Waals surface area contributed by atoms with Crippen molar-refractivity contribution in [3.8, 4) is 73.2 Å². The third kappa shape index (κ3) is 6.04. The van der Waals surface area contributed by atoms with E-state index in [1.165, 1.54) is 33.0 Å². The summed E-state index contributed by atoms with van der Waals surface area (Å²) in [6.45, 7) is 2.19. The van der Waals surface area contributed by atoms with Gasteiger partial charge in [0.15, 0.2) is 17.5 Å². The predicted molar refractivity (Wildman–Crippen MR) is 232 cm³/mol. The molecule has 10 rings (SSSR count). The summed E-state index contributed by atoms with van der Waals surface area (Å²) in [5.41, 5.74) is 14.1. The van der Waals surface area contributed by atoms with Gasteiger partial charge in [-0.25, -0.2) is 15.0 Å². The van der Waals surface area contributed by atoms with Crippen LogP contribution in [-0.4, -0.2) is 19.5 Å². The molecule has 0 aliphatic heterocycles. The number of benzene rings is 8. The van der Waals surface area contributed by atoms with Gasteiger partial charge in [0.25, 0.3) is 0 Å².